The van der Waals surface area contributed by atoms with Crippen molar-refractivity contribution in [1.82, 2.24) is 0 Å². The highest BCUT2D eigenvalue weighted by molar-refractivity contribution is 5.89. The number of carboxylic acids is 2. The smallest absolute Gasteiger partial charge is 0.328 e. The van der Waals surface area contributed by atoms with E-state index >= 15 is 0 Å². The highest BCUT2D eigenvalue weighted by Crippen LogP contribution is 1.92. The number of methoxy groups -OCH3 is 2. The Labute approximate surface area is 103 Å². The molecule has 0 atom stereocenters. The summed E-state index contributed by atoms with van der Waals surface area (Å²) in [6, 6.07) is 0. The zero-order valence-electron chi connectivity index (χ0n) is 9.91. The molecule has 0 bridgehead atoms. The van der Waals surface area contributed by atoms with Crippen LogP contribution < -0.4 is 0 Å². The Morgan fingerprint density at radius 1 is 0.833 bits per heavy atom. The van der Waals surface area contributed by atoms with Gasteiger partial charge in [-0.1, -0.05) is 0 Å². The molecule has 0 spiro atoms. The van der Waals surface area contributed by atoms with Crippen LogP contribution in [0.2, 0.25) is 0 Å². The zero-order chi connectivity index (χ0) is 14.6. The molecular formula is C10H14O8. The largest absolute Gasteiger partial charge is 0.478 e. The summed E-state index contributed by atoms with van der Waals surface area (Å²) in [5.74, 6) is -3.31. The highest BCUT2D eigenvalue weighted by Gasteiger charge is 2.05. The van der Waals surface area contributed by atoms with Gasteiger partial charge < -0.3 is 19.7 Å². The molecule has 0 heterocycles. The van der Waals surface area contributed by atoms with Crippen molar-refractivity contribution in [3.8, 4) is 0 Å². The molecular weight excluding hydrogens is 248 g/mol. The molecule has 8 heteroatoms. The quantitative estimate of drug-likeness (QED) is 0.516. The van der Waals surface area contributed by atoms with E-state index < -0.39 is 23.9 Å². The molecule has 0 aliphatic heterocycles. The van der Waals surface area contributed by atoms with Gasteiger partial charge in [0.15, 0.2) is 0 Å². The summed E-state index contributed by atoms with van der Waals surface area (Å²) in [7, 11) is 2.55. The molecule has 0 amide bonds. The van der Waals surface area contributed by atoms with E-state index in [0.717, 1.165) is 0 Å². The Kier molecular flexibility index (Phi) is 11.1. The molecule has 0 rings (SSSR count). The van der Waals surface area contributed by atoms with E-state index in [9.17, 15) is 19.2 Å². The van der Waals surface area contributed by atoms with Gasteiger partial charge in [0.05, 0.1) is 27.1 Å². The Morgan fingerprint density at radius 2 is 1.11 bits per heavy atom. The fourth-order valence-electron chi connectivity index (χ4n) is 0.551. The van der Waals surface area contributed by atoms with Gasteiger partial charge in [0.25, 0.3) is 0 Å². The van der Waals surface area contributed by atoms with E-state index in [2.05, 4.69) is 9.47 Å². The molecule has 0 saturated carbocycles. The molecule has 102 valence electrons. The average Bonchev–Trinajstić information content (AvgIpc) is 2.33. The predicted octanol–water partition coefficient (Wildman–Crippen LogP) is -0.176. The summed E-state index contributed by atoms with van der Waals surface area (Å²) in [6.45, 7) is 0. The van der Waals surface area contributed by atoms with Crippen LogP contribution >= 0.6 is 0 Å². The first-order valence-electron chi connectivity index (χ1n) is 4.61. The lowest BCUT2D eigenvalue weighted by Gasteiger charge is -1.96. The number of hydrogen-bond acceptors (Lipinski definition) is 6. The first kappa shape index (κ1) is 18.0. The summed E-state index contributed by atoms with van der Waals surface area (Å²) >= 11 is 0. The molecule has 2 N–H and O–H groups in total. The number of esters is 2. The number of carboxylic acid groups (broad SMARTS) is 2. The van der Waals surface area contributed by atoms with Gasteiger partial charge in [-0.2, -0.15) is 0 Å². The number of hydrogen-bond donors (Lipinski definition) is 2. The Morgan fingerprint density at radius 3 is 1.28 bits per heavy atom. The van der Waals surface area contributed by atoms with Gasteiger partial charge in [0, 0.05) is 12.2 Å². The van der Waals surface area contributed by atoms with Crippen molar-refractivity contribution in [2.24, 2.45) is 0 Å². The maximum Gasteiger partial charge on any atom is 0.328 e. The maximum atomic E-state index is 10.4. The predicted molar refractivity (Wildman–Crippen MR) is 57.7 cm³/mol. The summed E-state index contributed by atoms with van der Waals surface area (Å²) in [4.78, 5) is 39.9. The summed E-state index contributed by atoms with van der Waals surface area (Å²) in [5, 5.41) is 15.6. The van der Waals surface area contributed by atoms with Crippen LogP contribution in [0.4, 0.5) is 0 Å². The molecule has 0 unspecified atom stereocenters. The highest BCUT2D eigenvalue weighted by atomic mass is 16.5. The second-order valence-electron chi connectivity index (χ2n) is 2.66. The molecule has 18 heavy (non-hydrogen) atoms. The Balaban J connectivity index is 0. The van der Waals surface area contributed by atoms with Gasteiger partial charge in [-0.05, 0) is 0 Å². The van der Waals surface area contributed by atoms with Gasteiger partial charge in [0.2, 0.25) is 0 Å². The average molecular weight is 262 g/mol. The number of rotatable bonds is 5. The summed E-state index contributed by atoms with van der Waals surface area (Å²) in [5.41, 5.74) is 0. The number of carbonyl (C=O) groups is 4. The number of ether oxygens (including phenoxy) is 2. The van der Waals surface area contributed by atoms with Crippen LogP contribution in [0, 0.1) is 0 Å². The van der Waals surface area contributed by atoms with Crippen LogP contribution in [0.3, 0.4) is 0 Å². The van der Waals surface area contributed by atoms with Gasteiger partial charge in [-0.3, -0.25) is 9.59 Å². The minimum atomic E-state index is -1.26. The lowest BCUT2D eigenvalue weighted by atomic mass is 10.3. The second-order valence-corrected chi connectivity index (χ2v) is 2.66. The third-order valence-electron chi connectivity index (χ3n) is 1.36. The van der Waals surface area contributed by atoms with E-state index in [4.69, 9.17) is 10.2 Å². The lowest BCUT2D eigenvalue weighted by molar-refractivity contribution is -0.147. The standard InChI is InChI=1S/C6H10O4.C4H4O4/c1-9-5(7)3-4-6(8)10-2;5-3(6)1-2-4(7)8/h3-4H2,1-2H3;1-2H,(H,5,6)(H,7,8)/b;2-1-. The second kappa shape index (κ2) is 11.1. The minimum absolute atomic E-state index is 0.0865. The third kappa shape index (κ3) is 16.1. The Hall–Kier alpha value is -2.38. The third-order valence-corrected chi connectivity index (χ3v) is 1.36. The fraction of sp³-hybridized carbons (Fsp3) is 0.400. The van der Waals surface area contributed by atoms with E-state index in [-0.39, 0.29) is 12.8 Å². The van der Waals surface area contributed by atoms with Crippen LogP contribution in [0.5, 0.6) is 0 Å². The molecule has 0 fully saturated rings. The Bertz CT molecular complexity index is 299. The van der Waals surface area contributed by atoms with Gasteiger partial charge in [0.1, 0.15) is 0 Å². The molecule has 8 nitrogen and oxygen atoms in total. The van der Waals surface area contributed by atoms with Crippen LogP contribution in [0.1, 0.15) is 12.8 Å². The van der Waals surface area contributed by atoms with Crippen molar-refractivity contribution in [2.75, 3.05) is 14.2 Å². The monoisotopic (exact) mass is 262 g/mol. The normalized spacial score (nSPS) is 9.00. The molecule has 0 aliphatic rings. The van der Waals surface area contributed by atoms with Gasteiger partial charge in [-0.15, -0.1) is 0 Å². The van der Waals surface area contributed by atoms with Crippen molar-refractivity contribution in [3.63, 3.8) is 0 Å². The molecule has 0 aromatic rings. The van der Waals surface area contributed by atoms with Crippen LogP contribution in [0.15, 0.2) is 12.2 Å². The van der Waals surface area contributed by atoms with E-state index in [1.165, 1.54) is 14.2 Å². The van der Waals surface area contributed by atoms with Crippen molar-refractivity contribution in [2.45, 2.75) is 12.8 Å². The summed E-state index contributed by atoms with van der Waals surface area (Å²) < 4.78 is 8.60. The molecule has 0 aliphatic carbocycles. The van der Waals surface area contributed by atoms with Crippen molar-refractivity contribution in [3.05, 3.63) is 12.2 Å². The van der Waals surface area contributed by atoms with Gasteiger partial charge >= 0.3 is 23.9 Å². The van der Waals surface area contributed by atoms with E-state index in [1.54, 1.807) is 0 Å². The SMILES string of the molecule is COC(=O)CCC(=O)OC.O=C(O)/C=C\C(=O)O. The first-order valence-corrected chi connectivity index (χ1v) is 4.61. The lowest BCUT2D eigenvalue weighted by Crippen LogP contribution is -2.06. The minimum Gasteiger partial charge on any atom is -0.478 e. The van der Waals surface area contributed by atoms with Crippen LogP contribution in [-0.2, 0) is 28.7 Å². The molecule has 0 aromatic heterocycles. The van der Waals surface area contributed by atoms with Crippen molar-refractivity contribution in [1.29, 1.82) is 0 Å². The van der Waals surface area contributed by atoms with Crippen molar-refractivity contribution >= 4 is 23.9 Å². The number of aliphatic carboxylic acids is 2. The van der Waals surface area contributed by atoms with Gasteiger partial charge in [-0.25, -0.2) is 9.59 Å². The van der Waals surface area contributed by atoms with Crippen LogP contribution in [0.25, 0.3) is 0 Å². The zero-order valence-corrected chi connectivity index (χ0v) is 9.91. The van der Waals surface area contributed by atoms with Crippen molar-refractivity contribution < 1.29 is 38.9 Å². The van der Waals surface area contributed by atoms with Crippen LogP contribution in [-0.4, -0.2) is 48.3 Å². The van der Waals surface area contributed by atoms with E-state index in [1.807, 2.05) is 0 Å². The molecule has 0 radical (unpaired) electrons. The maximum absolute atomic E-state index is 10.4. The molecule has 0 saturated heterocycles. The van der Waals surface area contributed by atoms with E-state index in [0.29, 0.717) is 12.2 Å². The molecule has 0 aromatic carbocycles. The first-order chi connectivity index (χ1) is 8.33. The topological polar surface area (TPSA) is 127 Å². The number of carbonyl (C=O) groups excluding carboxylic acids is 2. The summed E-state index contributed by atoms with van der Waals surface area (Å²) in [6.07, 6.45) is 1.29. The fourth-order valence-corrected chi connectivity index (χ4v) is 0.551.